The van der Waals surface area contributed by atoms with Crippen LogP contribution in [0.5, 0.6) is 5.75 Å². The molecular formula is C15H23NO3S. The highest BCUT2D eigenvalue weighted by molar-refractivity contribution is 7.91. The molecule has 112 valence electrons. The highest BCUT2D eigenvalue weighted by Crippen LogP contribution is 2.30. The van der Waals surface area contributed by atoms with Crippen LogP contribution in [0.15, 0.2) is 30.3 Å². The van der Waals surface area contributed by atoms with Crippen molar-refractivity contribution in [1.82, 2.24) is 0 Å². The van der Waals surface area contributed by atoms with Crippen molar-refractivity contribution < 1.29 is 13.2 Å². The van der Waals surface area contributed by atoms with Crippen LogP contribution in [0.2, 0.25) is 0 Å². The molecule has 3 atom stereocenters. The molecule has 0 radical (unpaired) electrons. The number of ether oxygens (including phenoxy) is 1. The lowest BCUT2D eigenvalue weighted by molar-refractivity contribution is 0.214. The highest BCUT2D eigenvalue weighted by Gasteiger charge is 2.31. The number of benzene rings is 1. The second-order valence-electron chi connectivity index (χ2n) is 5.67. The first kappa shape index (κ1) is 15.3. The summed E-state index contributed by atoms with van der Waals surface area (Å²) in [6.45, 7) is 0.436. The third-order valence-corrected chi connectivity index (χ3v) is 5.70. The Balaban J connectivity index is 1.87. The number of nitrogens with two attached hydrogens (primary N) is 1. The second kappa shape index (κ2) is 6.59. The van der Waals surface area contributed by atoms with Gasteiger partial charge in [-0.15, -0.1) is 0 Å². The van der Waals surface area contributed by atoms with Crippen LogP contribution < -0.4 is 10.5 Å². The smallest absolute Gasteiger partial charge is 0.150 e. The lowest BCUT2D eigenvalue weighted by Gasteiger charge is -2.31. The van der Waals surface area contributed by atoms with Gasteiger partial charge in [-0.1, -0.05) is 24.6 Å². The maximum absolute atomic E-state index is 11.7. The molecule has 1 aliphatic carbocycles. The molecule has 0 saturated heterocycles. The molecule has 1 saturated carbocycles. The minimum atomic E-state index is -2.96. The van der Waals surface area contributed by atoms with Crippen LogP contribution >= 0.6 is 0 Å². The van der Waals surface area contributed by atoms with Gasteiger partial charge in [0.15, 0.2) is 0 Å². The number of hydrogen-bond donors (Lipinski definition) is 1. The van der Waals surface area contributed by atoms with E-state index in [1.54, 1.807) is 0 Å². The standard InChI is InChI=1S/C15H23NO3S/c1-20(17,18)14-9-5-6-12(10-14)15(16)11-19-13-7-3-2-4-8-13/h2-4,7-8,12,14-15H,5-6,9-11,16H2,1H3. The van der Waals surface area contributed by atoms with Crippen LogP contribution in [0.1, 0.15) is 25.7 Å². The zero-order valence-electron chi connectivity index (χ0n) is 11.9. The first-order valence-electron chi connectivity index (χ1n) is 7.09. The third-order valence-electron chi connectivity index (χ3n) is 4.06. The van der Waals surface area contributed by atoms with Gasteiger partial charge in [0, 0.05) is 12.3 Å². The molecule has 2 N–H and O–H groups in total. The van der Waals surface area contributed by atoms with Crippen molar-refractivity contribution in [2.24, 2.45) is 11.7 Å². The lowest BCUT2D eigenvalue weighted by Crippen LogP contribution is -2.41. The van der Waals surface area contributed by atoms with E-state index >= 15 is 0 Å². The number of hydrogen-bond acceptors (Lipinski definition) is 4. The maximum atomic E-state index is 11.7. The molecule has 0 aliphatic heterocycles. The summed E-state index contributed by atoms with van der Waals surface area (Å²) in [5.74, 6) is 1.03. The van der Waals surface area contributed by atoms with E-state index in [2.05, 4.69) is 0 Å². The minimum absolute atomic E-state index is 0.111. The maximum Gasteiger partial charge on any atom is 0.150 e. The second-order valence-corrected chi connectivity index (χ2v) is 7.99. The van der Waals surface area contributed by atoms with E-state index in [1.165, 1.54) is 6.26 Å². The van der Waals surface area contributed by atoms with Crippen molar-refractivity contribution in [3.05, 3.63) is 30.3 Å². The summed E-state index contributed by atoms with van der Waals surface area (Å²) in [7, 11) is -2.96. The van der Waals surface area contributed by atoms with Gasteiger partial charge in [0.05, 0.1) is 5.25 Å². The molecule has 3 unspecified atom stereocenters. The van der Waals surface area contributed by atoms with Gasteiger partial charge in [-0.25, -0.2) is 8.42 Å². The quantitative estimate of drug-likeness (QED) is 0.902. The summed E-state index contributed by atoms with van der Waals surface area (Å²) in [6, 6.07) is 9.45. The highest BCUT2D eigenvalue weighted by atomic mass is 32.2. The fourth-order valence-corrected chi connectivity index (χ4v) is 4.00. The van der Waals surface area contributed by atoms with Gasteiger partial charge in [-0.3, -0.25) is 0 Å². The number of para-hydroxylation sites is 1. The van der Waals surface area contributed by atoms with Gasteiger partial charge in [0.25, 0.3) is 0 Å². The molecule has 1 fully saturated rings. The summed E-state index contributed by atoms with van der Waals surface area (Å²) in [5, 5.41) is -0.232. The molecular weight excluding hydrogens is 274 g/mol. The molecule has 1 aromatic carbocycles. The topological polar surface area (TPSA) is 69.4 Å². The Morgan fingerprint density at radius 1 is 1.30 bits per heavy atom. The van der Waals surface area contributed by atoms with Crippen LogP contribution in [0, 0.1) is 5.92 Å². The summed E-state index contributed by atoms with van der Waals surface area (Å²) in [4.78, 5) is 0. The lowest BCUT2D eigenvalue weighted by atomic mass is 9.84. The predicted octanol–water partition coefficient (Wildman–Crippen LogP) is 2.00. The molecule has 0 amide bonds. The number of rotatable bonds is 5. The molecule has 4 nitrogen and oxygen atoms in total. The van der Waals surface area contributed by atoms with E-state index < -0.39 is 9.84 Å². The van der Waals surface area contributed by atoms with Gasteiger partial charge in [-0.05, 0) is 37.3 Å². The Morgan fingerprint density at radius 2 is 2.00 bits per heavy atom. The minimum Gasteiger partial charge on any atom is -0.492 e. The van der Waals surface area contributed by atoms with Crippen molar-refractivity contribution in [3.63, 3.8) is 0 Å². The van der Waals surface area contributed by atoms with Gasteiger partial charge in [0.2, 0.25) is 0 Å². The number of sulfone groups is 1. The van der Waals surface area contributed by atoms with Crippen LogP contribution in [-0.2, 0) is 9.84 Å². The van der Waals surface area contributed by atoms with Gasteiger partial charge in [-0.2, -0.15) is 0 Å². The predicted molar refractivity (Wildman–Crippen MR) is 80.5 cm³/mol. The molecule has 0 bridgehead atoms. The summed E-state index contributed by atoms with van der Waals surface area (Å²) in [5.41, 5.74) is 6.18. The summed E-state index contributed by atoms with van der Waals surface area (Å²) in [6.07, 6.45) is 4.68. The largest absolute Gasteiger partial charge is 0.492 e. The first-order valence-corrected chi connectivity index (χ1v) is 9.04. The Kier molecular flexibility index (Phi) is 5.05. The normalized spacial score (nSPS) is 25.1. The average Bonchev–Trinajstić information content (AvgIpc) is 2.45. The van der Waals surface area contributed by atoms with Crippen molar-refractivity contribution in [2.45, 2.75) is 37.0 Å². The molecule has 0 aromatic heterocycles. The molecule has 0 spiro atoms. The first-order chi connectivity index (χ1) is 9.47. The zero-order valence-corrected chi connectivity index (χ0v) is 12.7. The monoisotopic (exact) mass is 297 g/mol. The van der Waals surface area contributed by atoms with Crippen LogP contribution in [0.4, 0.5) is 0 Å². The van der Waals surface area contributed by atoms with Gasteiger partial charge < -0.3 is 10.5 Å². The Bertz CT molecular complexity index is 515. The van der Waals surface area contributed by atoms with Gasteiger partial charge in [0.1, 0.15) is 22.2 Å². The van der Waals surface area contributed by atoms with Crippen LogP contribution in [0.3, 0.4) is 0 Å². The molecule has 1 aromatic rings. The van der Waals surface area contributed by atoms with E-state index in [-0.39, 0.29) is 17.2 Å². The summed E-state index contributed by atoms with van der Waals surface area (Å²) < 4.78 is 29.0. The van der Waals surface area contributed by atoms with E-state index in [0.29, 0.717) is 13.0 Å². The SMILES string of the molecule is CS(=O)(=O)C1CCCC(C(N)COc2ccccc2)C1. The van der Waals surface area contributed by atoms with Crippen LogP contribution in [0.25, 0.3) is 0 Å². The van der Waals surface area contributed by atoms with Gasteiger partial charge >= 0.3 is 0 Å². The zero-order chi connectivity index (χ0) is 14.6. The fourth-order valence-electron chi connectivity index (χ4n) is 2.80. The fraction of sp³-hybridized carbons (Fsp3) is 0.600. The van der Waals surface area contributed by atoms with E-state index in [9.17, 15) is 8.42 Å². The van der Waals surface area contributed by atoms with E-state index in [1.807, 2.05) is 30.3 Å². The summed E-state index contributed by atoms with van der Waals surface area (Å²) >= 11 is 0. The molecule has 1 aliphatic rings. The van der Waals surface area contributed by atoms with Crippen molar-refractivity contribution >= 4 is 9.84 Å². The van der Waals surface area contributed by atoms with Crippen molar-refractivity contribution in [3.8, 4) is 5.75 Å². The van der Waals surface area contributed by atoms with Crippen molar-refractivity contribution in [2.75, 3.05) is 12.9 Å². The van der Waals surface area contributed by atoms with E-state index in [0.717, 1.165) is 25.0 Å². The van der Waals surface area contributed by atoms with E-state index in [4.69, 9.17) is 10.5 Å². The Hall–Kier alpha value is -1.07. The third kappa shape index (κ3) is 4.21. The Labute approximate surface area is 121 Å². The Morgan fingerprint density at radius 3 is 2.65 bits per heavy atom. The van der Waals surface area contributed by atoms with Crippen molar-refractivity contribution in [1.29, 1.82) is 0 Å². The molecule has 5 heteroatoms. The molecule has 0 heterocycles. The molecule has 20 heavy (non-hydrogen) atoms. The molecule has 2 rings (SSSR count). The average molecular weight is 297 g/mol. The van der Waals surface area contributed by atoms with Crippen LogP contribution in [-0.4, -0.2) is 32.6 Å².